The van der Waals surface area contributed by atoms with Gasteiger partial charge in [-0.25, -0.2) is 18.1 Å². The minimum absolute atomic E-state index is 0.0797. The van der Waals surface area contributed by atoms with E-state index in [0.29, 0.717) is 30.1 Å². The Morgan fingerprint density at radius 2 is 2.18 bits per heavy atom. The molecule has 1 saturated heterocycles. The molecule has 10 heteroatoms. The topological polar surface area (TPSA) is 131 Å². The van der Waals surface area contributed by atoms with Crippen LogP contribution in [0.15, 0.2) is 6.07 Å². The molecule has 3 rings (SSSR count). The SMILES string of the molecule is CCCc1cc(N2CCC(NS(C)(=O)=O)[C@@H](C)C2)nc2sc(C(N)=O)c(N)c12. The minimum atomic E-state index is -3.23. The highest BCUT2D eigenvalue weighted by Gasteiger charge is 2.29. The van der Waals surface area contributed by atoms with Gasteiger partial charge in [0.2, 0.25) is 10.0 Å². The van der Waals surface area contributed by atoms with Crippen LogP contribution in [0.25, 0.3) is 10.2 Å². The number of thiophene rings is 1. The number of hydrogen-bond donors (Lipinski definition) is 3. The Morgan fingerprint density at radius 3 is 2.75 bits per heavy atom. The molecule has 1 aliphatic rings. The largest absolute Gasteiger partial charge is 0.397 e. The third kappa shape index (κ3) is 4.23. The lowest BCUT2D eigenvalue weighted by molar-refractivity contribution is 0.100. The van der Waals surface area contributed by atoms with Crippen LogP contribution in [0.4, 0.5) is 11.5 Å². The number of carbonyl (C=O) groups excluding carboxylic acids is 1. The number of piperidine rings is 1. The Labute approximate surface area is 169 Å². The van der Waals surface area contributed by atoms with Crippen LogP contribution in [-0.2, 0) is 16.4 Å². The molecule has 8 nitrogen and oxygen atoms in total. The number of nitrogens with one attached hydrogen (secondary N) is 1. The summed E-state index contributed by atoms with van der Waals surface area (Å²) in [6.45, 7) is 5.52. The summed E-state index contributed by atoms with van der Waals surface area (Å²) in [7, 11) is -3.23. The molecule has 3 heterocycles. The van der Waals surface area contributed by atoms with Crippen molar-refractivity contribution in [3.05, 3.63) is 16.5 Å². The van der Waals surface area contributed by atoms with Crippen molar-refractivity contribution in [3.63, 3.8) is 0 Å². The van der Waals surface area contributed by atoms with E-state index in [1.54, 1.807) is 0 Å². The van der Waals surface area contributed by atoms with Gasteiger partial charge in [0.1, 0.15) is 15.5 Å². The summed E-state index contributed by atoms with van der Waals surface area (Å²) in [5, 5.41) is 0.825. The monoisotopic (exact) mass is 425 g/mol. The summed E-state index contributed by atoms with van der Waals surface area (Å²) >= 11 is 1.23. The number of nitrogen functional groups attached to an aromatic ring is 1. The predicted molar refractivity (Wildman–Crippen MR) is 114 cm³/mol. The third-order valence-electron chi connectivity index (χ3n) is 5.10. The average molecular weight is 426 g/mol. The zero-order chi connectivity index (χ0) is 20.6. The fourth-order valence-corrected chi connectivity index (χ4v) is 5.69. The molecule has 0 spiro atoms. The predicted octanol–water partition coefficient (Wildman–Crippen LogP) is 1.69. The first kappa shape index (κ1) is 20.8. The van der Waals surface area contributed by atoms with E-state index in [2.05, 4.69) is 16.5 Å². The number of primary amides is 1. The molecule has 2 aromatic rings. The Bertz CT molecular complexity index is 1000. The molecular formula is C18H27N5O3S2. The van der Waals surface area contributed by atoms with Crippen LogP contribution >= 0.6 is 11.3 Å². The molecule has 0 saturated carbocycles. The van der Waals surface area contributed by atoms with Crippen molar-refractivity contribution in [3.8, 4) is 0 Å². The summed E-state index contributed by atoms with van der Waals surface area (Å²) in [5.41, 5.74) is 13.1. The van der Waals surface area contributed by atoms with Crippen molar-refractivity contribution in [1.29, 1.82) is 0 Å². The molecule has 2 aromatic heterocycles. The van der Waals surface area contributed by atoms with Crippen molar-refractivity contribution in [2.24, 2.45) is 11.7 Å². The van der Waals surface area contributed by atoms with Crippen molar-refractivity contribution in [2.45, 2.75) is 39.2 Å². The Hall–Kier alpha value is -1.91. The number of sulfonamides is 1. The average Bonchev–Trinajstić information content (AvgIpc) is 2.93. The molecule has 1 fully saturated rings. The summed E-state index contributed by atoms with van der Waals surface area (Å²) in [6.07, 6.45) is 3.66. The van der Waals surface area contributed by atoms with E-state index in [4.69, 9.17) is 16.5 Å². The second kappa shape index (κ2) is 7.84. The van der Waals surface area contributed by atoms with Crippen molar-refractivity contribution >= 4 is 49.0 Å². The molecule has 154 valence electrons. The van der Waals surface area contributed by atoms with Crippen LogP contribution in [0.2, 0.25) is 0 Å². The zero-order valence-corrected chi connectivity index (χ0v) is 18.0. The minimum Gasteiger partial charge on any atom is -0.397 e. The van der Waals surface area contributed by atoms with E-state index < -0.39 is 15.9 Å². The van der Waals surface area contributed by atoms with E-state index in [1.165, 1.54) is 17.6 Å². The molecule has 28 heavy (non-hydrogen) atoms. The second-order valence-corrected chi connectivity index (χ2v) is 10.3. The van der Waals surface area contributed by atoms with Crippen LogP contribution in [0, 0.1) is 5.92 Å². The van der Waals surface area contributed by atoms with E-state index in [-0.39, 0.29) is 12.0 Å². The van der Waals surface area contributed by atoms with Crippen LogP contribution in [0.3, 0.4) is 0 Å². The van der Waals surface area contributed by atoms with Gasteiger partial charge < -0.3 is 16.4 Å². The first-order valence-corrected chi connectivity index (χ1v) is 12.1. The van der Waals surface area contributed by atoms with Gasteiger partial charge in [0.05, 0.1) is 11.9 Å². The molecule has 0 aromatic carbocycles. The second-order valence-electron chi connectivity index (χ2n) is 7.49. The number of nitrogens with two attached hydrogens (primary N) is 2. The molecule has 5 N–H and O–H groups in total. The molecule has 1 unspecified atom stereocenters. The van der Waals surface area contributed by atoms with Crippen LogP contribution < -0.4 is 21.1 Å². The highest BCUT2D eigenvalue weighted by molar-refractivity contribution is 7.88. The van der Waals surface area contributed by atoms with Gasteiger partial charge in [-0.1, -0.05) is 20.3 Å². The summed E-state index contributed by atoms with van der Waals surface area (Å²) in [4.78, 5) is 19.7. The number of aromatic nitrogens is 1. The Morgan fingerprint density at radius 1 is 1.46 bits per heavy atom. The van der Waals surface area contributed by atoms with Gasteiger partial charge in [-0.15, -0.1) is 11.3 Å². The van der Waals surface area contributed by atoms with Crippen molar-refractivity contribution < 1.29 is 13.2 Å². The molecule has 0 bridgehead atoms. The van der Waals surface area contributed by atoms with Gasteiger partial charge >= 0.3 is 0 Å². The fourth-order valence-electron chi connectivity index (χ4n) is 3.80. The standard InChI is InChI=1S/C18H27N5O3S2/c1-4-5-11-8-13(21-18-14(11)15(19)16(27-18)17(20)24)23-7-6-12(10(2)9-23)22-28(3,25)26/h8,10,12,22H,4-7,9,19H2,1-3H3,(H2,20,24)/t10-,12?/m0/s1. The van der Waals surface area contributed by atoms with Gasteiger partial charge in [0, 0.05) is 24.5 Å². The maximum Gasteiger partial charge on any atom is 0.260 e. The maximum atomic E-state index is 11.7. The molecule has 0 radical (unpaired) electrons. The molecule has 1 amide bonds. The van der Waals surface area contributed by atoms with Crippen molar-refractivity contribution in [2.75, 3.05) is 30.0 Å². The van der Waals surface area contributed by atoms with Crippen LogP contribution in [0.5, 0.6) is 0 Å². The lowest BCUT2D eigenvalue weighted by Crippen LogP contribution is -2.50. The number of rotatable bonds is 6. The summed E-state index contributed by atoms with van der Waals surface area (Å²) in [6, 6.07) is 1.96. The lowest BCUT2D eigenvalue weighted by atomic mass is 9.94. The number of pyridine rings is 1. The number of amides is 1. The van der Waals surface area contributed by atoms with E-state index in [1.807, 2.05) is 13.0 Å². The number of carbonyl (C=O) groups is 1. The molecule has 0 aliphatic carbocycles. The normalized spacial score (nSPS) is 20.6. The number of fused-ring (bicyclic) bond motifs is 1. The number of hydrogen-bond acceptors (Lipinski definition) is 7. The number of nitrogens with zero attached hydrogens (tertiary/aromatic N) is 2. The van der Waals surface area contributed by atoms with Crippen LogP contribution in [-0.4, -0.2) is 44.7 Å². The Balaban J connectivity index is 1.94. The summed E-state index contributed by atoms with van der Waals surface area (Å²) < 4.78 is 25.9. The lowest BCUT2D eigenvalue weighted by Gasteiger charge is -2.37. The van der Waals surface area contributed by atoms with Gasteiger partial charge in [-0.3, -0.25) is 4.79 Å². The van der Waals surface area contributed by atoms with Crippen LogP contribution in [0.1, 0.15) is 41.9 Å². The number of aryl methyl sites for hydroxylation is 1. The maximum absolute atomic E-state index is 11.7. The Kier molecular flexibility index (Phi) is 5.83. The molecule has 1 aliphatic heterocycles. The van der Waals surface area contributed by atoms with Crippen molar-refractivity contribution in [1.82, 2.24) is 9.71 Å². The smallest absolute Gasteiger partial charge is 0.260 e. The first-order valence-electron chi connectivity index (χ1n) is 9.34. The zero-order valence-electron chi connectivity index (χ0n) is 16.4. The van der Waals surface area contributed by atoms with E-state index in [0.717, 1.165) is 34.4 Å². The fraction of sp³-hybridized carbons (Fsp3) is 0.556. The van der Waals surface area contributed by atoms with E-state index in [9.17, 15) is 13.2 Å². The summed E-state index contributed by atoms with van der Waals surface area (Å²) in [5.74, 6) is 0.439. The quantitative estimate of drug-likeness (QED) is 0.645. The first-order chi connectivity index (χ1) is 13.1. The molecular weight excluding hydrogens is 398 g/mol. The third-order valence-corrected chi connectivity index (χ3v) is 6.95. The molecule has 2 atom stereocenters. The number of anilines is 2. The highest BCUT2D eigenvalue weighted by Crippen LogP contribution is 2.37. The van der Waals surface area contributed by atoms with Gasteiger partial charge in [0.15, 0.2) is 0 Å². The van der Waals surface area contributed by atoms with Gasteiger partial charge in [-0.05, 0) is 30.4 Å². The van der Waals surface area contributed by atoms with Gasteiger partial charge in [-0.2, -0.15) is 0 Å². The van der Waals surface area contributed by atoms with Gasteiger partial charge in [0.25, 0.3) is 5.91 Å². The highest BCUT2D eigenvalue weighted by atomic mass is 32.2. The van der Waals surface area contributed by atoms with E-state index >= 15 is 0 Å².